The summed E-state index contributed by atoms with van der Waals surface area (Å²) in [5.41, 5.74) is 0.996. The predicted octanol–water partition coefficient (Wildman–Crippen LogP) is 5.10. The standard InChI is InChI=1S/C24H30N2O6/c1-7-31-20-11-8-16(14-21(20)30-6)9-13-22(27)25-17-10-12-19(29-5)18(15-17)26-23(28)32-24(2,3)4/h8-15H,7H2,1-6H3,(H,25,27)(H,26,28)/b13-9+. The van der Waals surface area contributed by atoms with Gasteiger partial charge in [0.2, 0.25) is 5.91 Å². The third kappa shape index (κ3) is 7.54. The van der Waals surface area contributed by atoms with E-state index in [0.29, 0.717) is 35.2 Å². The number of ether oxygens (including phenoxy) is 4. The van der Waals surface area contributed by atoms with Gasteiger partial charge in [-0.25, -0.2) is 4.79 Å². The second kappa shape index (κ2) is 11.1. The van der Waals surface area contributed by atoms with E-state index in [1.807, 2.05) is 13.0 Å². The van der Waals surface area contributed by atoms with Gasteiger partial charge < -0.3 is 24.3 Å². The number of methoxy groups -OCH3 is 2. The number of hydrogen-bond acceptors (Lipinski definition) is 6. The number of rotatable bonds is 8. The van der Waals surface area contributed by atoms with Crippen molar-refractivity contribution in [2.45, 2.75) is 33.3 Å². The van der Waals surface area contributed by atoms with Gasteiger partial charge in [0.1, 0.15) is 11.4 Å². The third-order valence-corrected chi connectivity index (χ3v) is 4.02. The van der Waals surface area contributed by atoms with Crippen LogP contribution in [-0.2, 0) is 9.53 Å². The van der Waals surface area contributed by atoms with Crippen LogP contribution in [0.25, 0.3) is 6.08 Å². The molecule has 2 rings (SSSR count). The zero-order chi connectivity index (χ0) is 23.7. The molecule has 2 N–H and O–H groups in total. The van der Waals surface area contributed by atoms with E-state index >= 15 is 0 Å². The molecule has 0 aromatic heterocycles. The number of amides is 2. The molecule has 0 saturated heterocycles. The molecule has 0 saturated carbocycles. The van der Waals surface area contributed by atoms with Crippen molar-refractivity contribution in [2.24, 2.45) is 0 Å². The first-order valence-corrected chi connectivity index (χ1v) is 10.1. The van der Waals surface area contributed by atoms with Crippen LogP contribution < -0.4 is 24.8 Å². The van der Waals surface area contributed by atoms with Crippen LogP contribution in [0.5, 0.6) is 17.2 Å². The number of anilines is 2. The van der Waals surface area contributed by atoms with E-state index in [1.165, 1.54) is 13.2 Å². The zero-order valence-electron chi connectivity index (χ0n) is 19.3. The Bertz CT molecular complexity index is 979. The highest BCUT2D eigenvalue weighted by Crippen LogP contribution is 2.29. The monoisotopic (exact) mass is 442 g/mol. The number of hydrogen-bond donors (Lipinski definition) is 2. The smallest absolute Gasteiger partial charge is 0.412 e. The maximum absolute atomic E-state index is 12.4. The first kappa shape index (κ1) is 24.6. The summed E-state index contributed by atoms with van der Waals surface area (Å²) in [6.45, 7) is 7.73. The third-order valence-electron chi connectivity index (χ3n) is 4.02. The highest BCUT2D eigenvalue weighted by molar-refractivity contribution is 6.02. The summed E-state index contributed by atoms with van der Waals surface area (Å²) >= 11 is 0. The molecule has 8 heteroatoms. The molecule has 0 radical (unpaired) electrons. The summed E-state index contributed by atoms with van der Waals surface area (Å²) in [4.78, 5) is 24.5. The summed E-state index contributed by atoms with van der Waals surface area (Å²) in [5, 5.41) is 5.39. The van der Waals surface area contributed by atoms with E-state index in [-0.39, 0.29) is 5.91 Å². The Morgan fingerprint density at radius 2 is 1.62 bits per heavy atom. The fourth-order valence-electron chi connectivity index (χ4n) is 2.72. The summed E-state index contributed by atoms with van der Waals surface area (Å²) in [5.74, 6) is 1.32. The molecule has 2 aromatic carbocycles. The van der Waals surface area contributed by atoms with Crippen LogP contribution in [0.15, 0.2) is 42.5 Å². The predicted molar refractivity (Wildman–Crippen MR) is 125 cm³/mol. The molecule has 0 aliphatic heterocycles. The molecule has 0 spiro atoms. The minimum absolute atomic E-state index is 0.341. The average Bonchev–Trinajstić information content (AvgIpc) is 2.72. The van der Waals surface area contributed by atoms with E-state index in [9.17, 15) is 9.59 Å². The van der Waals surface area contributed by atoms with Crippen molar-refractivity contribution in [1.29, 1.82) is 0 Å². The Hall–Kier alpha value is -3.68. The van der Waals surface area contributed by atoms with Crippen molar-refractivity contribution >= 4 is 29.5 Å². The van der Waals surface area contributed by atoms with Crippen LogP contribution in [0, 0.1) is 0 Å². The highest BCUT2D eigenvalue weighted by atomic mass is 16.6. The second-order valence-corrected chi connectivity index (χ2v) is 7.71. The van der Waals surface area contributed by atoms with Crippen LogP contribution in [0.1, 0.15) is 33.3 Å². The van der Waals surface area contributed by atoms with Gasteiger partial charge in [-0.2, -0.15) is 0 Å². The molecule has 0 atom stereocenters. The second-order valence-electron chi connectivity index (χ2n) is 7.71. The maximum Gasteiger partial charge on any atom is 0.412 e. The normalized spacial score (nSPS) is 11.1. The van der Waals surface area contributed by atoms with Crippen molar-refractivity contribution in [2.75, 3.05) is 31.5 Å². The molecule has 2 amide bonds. The van der Waals surface area contributed by atoms with E-state index in [1.54, 1.807) is 64.3 Å². The fourth-order valence-corrected chi connectivity index (χ4v) is 2.72. The Balaban J connectivity index is 2.10. The minimum Gasteiger partial charge on any atom is -0.495 e. The topological polar surface area (TPSA) is 95.1 Å². The van der Waals surface area contributed by atoms with Crippen LogP contribution >= 0.6 is 0 Å². The van der Waals surface area contributed by atoms with Crippen LogP contribution in [0.3, 0.4) is 0 Å². The molecule has 8 nitrogen and oxygen atoms in total. The van der Waals surface area contributed by atoms with Crippen molar-refractivity contribution < 1.29 is 28.5 Å². The molecular formula is C24H30N2O6. The van der Waals surface area contributed by atoms with Gasteiger partial charge in [0.15, 0.2) is 11.5 Å². The summed E-state index contributed by atoms with van der Waals surface area (Å²) in [6, 6.07) is 10.3. The Labute approximate surface area is 188 Å². The lowest BCUT2D eigenvalue weighted by molar-refractivity contribution is -0.111. The van der Waals surface area contributed by atoms with E-state index in [4.69, 9.17) is 18.9 Å². The maximum atomic E-state index is 12.4. The molecule has 0 fully saturated rings. The zero-order valence-corrected chi connectivity index (χ0v) is 19.3. The molecule has 32 heavy (non-hydrogen) atoms. The van der Waals surface area contributed by atoms with Gasteiger partial charge >= 0.3 is 6.09 Å². The number of benzene rings is 2. The largest absolute Gasteiger partial charge is 0.495 e. The molecule has 0 aliphatic rings. The van der Waals surface area contributed by atoms with Gasteiger partial charge in [-0.05, 0) is 69.7 Å². The van der Waals surface area contributed by atoms with E-state index in [0.717, 1.165) is 5.56 Å². The van der Waals surface area contributed by atoms with Gasteiger partial charge in [0, 0.05) is 11.8 Å². The molecule has 0 bridgehead atoms. The van der Waals surface area contributed by atoms with E-state index < -0.39 is 11.7 Å². The van der Waals surface area contributed by atoms with Crippen molar-refractivity contribution in [3.05, 3.63) is 48.0 Å². The molecule has 0 heterocycles. The average molecular weight is 443 g/mol. The number of nitrogens with one attached hydrogen (secondary N) is 2. The molecule has 0 unspecified atom stereocenters. The first-order chi connectivity index (χ1) is 15.1. The Morgan fingerprint density at radius 1 is 0.938 bits per heavy atom. The first-order valence-electron chi connectivity index (χ1n) is 10.1. The van der Waals surface area contributed by atoms with Crippen molar-refractivity contribution in [3.8, 4) is 17.2 Å². The van der Waals surface area contributed by atoms with Gasteiger partial charge in [-0.3, -0.25) is 10.1 Å². The Kier molecular flexibility index (Phi) is 8.52. The summed E-state index contributed by atoms with van der Waals surface area (Å²) in [7, 11) is 3.05. The highest BCUT2D eigenvalue weighted by Gasteiger charge is 2.18. The van der Waals surface area contributed by atoms with Crippen molar-refractivity contribution in [1.82, 2.24) is 0 Å². The lowest BCUT2D eigenvalue weighted by Gasteiger charge is -2.20. The lowest BCUT2D eigenvalue weighted by Crippen LogP contribution is -2.27. The van der Waals surface area contributed by atoms with Crippen LogP contribution in [-0.4, -0.2) is 38.4 Å². The van der Waals surface area contributed by atoms with Crippen LogP contribution in [0.2, 0.25) is 0 Å². The summed E-state index contributed by atoms with van der Waals surface area (Å²) in [6.07, 6.45) is 2.45. The van der Waals surface area contributed by atoms with Gasteiger partial charge in [0.25, 0.3) is 0 Å². The Morgan fingerprint density at radius 3 is 2.25 bits per heavy atom. The van der Waals surface area contributed by atoms with Crippen molar-refractivity contribution in [3.63, 3.8) is 0 Å². The minimum atomic E-state index is -0.641. The SMILES string of the molecule is CCOc1ccc(/C=C/C(=O)Nc2ccc(OC)c(NC(=O)OC(C)(C)C)c2)cc1OC. The van der Waals surface area contributed by atoms with Gasteiger partial charge in [-0.15, -0.1) is 0 Å². The molecule has 2 aromatic rings. The lowest BCUT2D eigenvalue weighted by atomic mass is 10.2. The van der Waals surface area contributed by atoms with E-state index in [2.05, 4.69) is 10.6 Å². The number of carbonyl (C=O) groups is 2. The van der Waals surface area contributed by atoms with Crippen LogP contribution in [0.4, 0.5) is 16.2 Å². The molecule has 172 valence electrons. The fraction of sp³-hybridized carbons (Fsp3) is 0.333. The molecule has 0 aliphatic carbocycles. The van der Waals surface area contributed by atoms with Gasteiger partial charge in [0.05, 0.1) is 26.5 Å². The molecular weight excluding hydrogens is 412 g/mol. The quantitative estimate of drug-likeness (QED) is 0.552. The van der Waals surface area contributed by atoms with Gasteiger partial charge in [-0.1, -0.05) is 6.07 Å². The summed E-state index contributed by atoms with van der Waals surface area (Å²) < 4.78 is 21.4. The number of carbonyl (C=O) groups excluding carboxylic acids is 2.